The summed E-state index contributed by atoms with van der Waals surface area (Å²) < 4.78 is 0. The van der Waals surface area contributed by atoms with Crippen LogP contribution >= 0.6 is 0 Å². The van der Waals surface area contributed by atoms with Gasteiger partial charge in [-0.15, -0.1) is 0 Å². The van der Waals surface area contributed by atoms with Crippen molar-refractivity contribution >= 4 is 5.69 Å². The first-order valence-electron chi connectivity index (χ1n) is 8.12. The topological polar surface area (TPSA) is 24.9 Å². The van der Waals surface area contributed by atoms with Gasteiger partial charge in [-0.3, -0.25) is 4.98 Å². The number of hydrogen-bond acceptors (Lipinski definition) is 2. The van der Waals surface area contributed by atoms with Crippen LogP contribution in [0.15, 0.2) is 36.5 Å². The monoisotopic (exact) mass is 278 g/mol. The number of benzene rings is 1. The Morgan fingerprint density at radius 3 is 3.00 bits per heavy atom. The minimum Gasteiger partial charge on any atom is -0.382 e. The highest BCUT2D eigenvalue weighted by molar-refractivity contribution is 5.55. The summed E-state index contributed by atoms with van der Waals surface area (Å²) in [6.07, 6.45) is 7.96. The van der Waals surface area contributed by atoms with E-state index in [0.29, 0.717) is 12.0 Å². The Kier molecular flexibility index (Phi) is 3.17. The van der Waals surface area contributed by atoms with Crippen LogP contribution in [0, 0.1) is 0 Å². The van der Waals surface area contributed by atoms with Crippen LogP contribution in [0.2, 0.25) is 0 Å². The number of fused-ring (bicyclic) bond motifs is 2. The number of aryl methyl sites for hydroxylation is 2. The fourth-order valence-corrected chi connectivity index (χ4v) is 3.81. The standard InChI is InChI=1S/C19H22N2/c1-13-4-6-16-11-14(5-9-18(16)21-13)12-17-8-7-15-3-2-10-20-19(15)17/h2-3,5,9-11,13,17,21H,4,6-8,12H2,1H3. The van der Waals surface area contributed by atoms with E-state index in [1.165, 1.54) is 53.8 Å². The third kappa shape index (κ3) is 2.44. The second-order valence-corrected chi connectivity index (χ2v) is 6.56. The number of anilines is 1. The molecule has 0 fully saturated rings. The molecule has 0 saturated heterocycles. The minimum atomic E-state index is 0.606. The molecule has 2 heteroatoms. The number of pyridine rings is 1. The van der Waals surface area contributed by atoms with E-state index in [1.54, 1.807) is 0 Å². The van der Waals surface area contributed by atoms with Crippen LogP contribution in [0.1, 0.15) is 48.1 Å². The molecule has 0 spiro atoms. The SMILES string of the molecule is CC1CCc2cc(CC3CCc4cccnc43)ccc2N1. The fourth-order valence-electron chi connectivity index (χ4n) is 3.81. The van der Waals surface area contributed by atoms with E-state index in [0.717, 1.165) is 6.42 Å². The van der Waals surface area contributed by atoms with Gasteiger partial charge in [0, 0.05) is 29.5 Å². The maximum atomic E-state index is 4.62. The minimum absolute atomic E-state index is 0.606. The van der Waals surface area contributed by atoms with E-state index in [1.807, 2.05) is 6.20 Å². The van der Waals surface area contributed by atoms with E-state index < -0.39 is 0 Å². The Morgan fingerprint density at radius 2 is 2.05 bits per heavy atom. The average Bonchev–Trinajstić information content (AvgIpc) is 2.91. The van der Waals surface area contributed by atoms with Crippen LogP contribution in [0.25, 0.3) is 0 Å². The van der Waals surface area contributed by atoms with Crippen LogP contribution in [-0.4, -0.2) is 11.0 Å². The Labute approximate surface area is 126 Å². The molecule has 4 rings (SSSR count). The highest BCUT2D eigenvalue weighted by Crippen LogP contribution is 2.35. The lowest BCUT2D eigenvalue weighted by atomic mass is 9.92. The van der Waals surface area contributed by atoms with Gasteiger partial charge in [-0.05, 0) is 67.9 Å². The van der Waals surface area contributed by atoms with Crippen molar-refractivity contribution in [1.29, 1.82) is 0 Å². The number of rotatable bonds is 2. The van der Waals surface area contributed by atoms with Crippen LogP contribution in [-0.2, 0) is 19.3 Å². The first-order chi connectivity index (χ1) is 10.3. The molecule has 2 nitrogen and oxygen atoms in total. The van der Waals surface area contributed by atoms with E-state index >= 15 is 0 Å². The predicted octanol–water partition coefficient (Wildman–Crippen LogP) is 4.10. The van der Waals surface area contributed by atoms with Crippen molar-refractivity contribution in [2.24, 2.45) is 0 Å². The first kappa shape index (κ1) is 12.9. The molecule has 2 aromatic rings. The van der Waals surface area contributed by atoms with Crippen LogP contribution in [0.4, 0.5) is 5.69 Å². The molecular weight excluding hydrogens is 256 g/mol. The summed E-state index contributed by atoms with van der Waals surface area (Å²) in [6.45, 7) is 2.26. The van der Waals surface area contributed by atoms with Gasteiger partial charge in [0.15, 0.2) is 0 Å². The summed E-state index contributed by atoms with van der Waals surface area (Å²) >= 11 is 0. The van der Waals surface area contributed by atoms with Gasteiger partial charge in [0.1, 0.15) is 0 Å². The van der Waals surface area contributed by atoms with Crippen molar-refractivity contribution in [2.75, 3.05) is 5.32 Å². The summed E-state index contributed by atoms with van der Waals surface area (Å²) in [4.78, 5) is 4.62. The maximum Gasteiger partial charge on any atom is 0.0469 e. The van der Waals surface area contributed by atoms with Gasteiger partial charge < -0.3 is 5.32 Å². The summed E-state index contributed by atoms with van der Waals surface area (Å²) in [5, 5.41) is 3.58. The normalized spacial score (nSPS) is 23.3. The summed E-state index contributed by atoms with van der Waals surface area (Å²) in [5.41, 5.74) is 7.08. The van der Waals surface area contributed by atoms with E-state index in [-0.39, 0.29) is 0 Å². The van der Waals surface area contributed by atoms with E-state index in [4.69, 9.17) is 0 Å². The molecule has 1 aromatic carbocycles. The maximum absolute atomic E-state index is 4.62. The van der Waals surface area contributed by atoms with Crippen molar-refractivity contribution in [1.82, 2.24) is 4.98 Å². The van der Waals surface area contributed by atoms with Gasteiger partial charge in [0.05, 0.1) is 0 Å². The van der Waals surface area contributed by atoms with Crippen LogP contribution in [0.5, 0.6) is 0 Å². The second kappa shape index (κ2) is 5.18. The zero-order valence-electron chi connectivity index (χ0n) is 12.6. The first-order valence-corrected chi connectivity index (χ1v) is 8.12. The molecule has 0 radical (unpaired) electrons. The van der Waals surface area contributed by atoms with Gasteiger partial charge in [0.25, 0.3) is 0 Å². The zero-order valence-corrected chi connectivity index (χ0v) is 12.6. The third-order valence-electron chi connectivity index (χ3n) is 4.98. The molecule has 2 heterocycles. The molecule has 2 aliphatic rings. The predicted molar refractivity (Wildman–Crippen MR) is 86.9 cm³/mol. The number of nitrogens with one attached hydrogen (secondary N) is 1. The van der Waals surface area contributed by atoms with Crippen LogP contribution in [0.3, 0.4) is 0 Å². The second-order valence-electron chi connectivity index (χ2n) is 6.56. The summed E-state index contributed by atoms with van der Waals surface area (Å²) in [5.74, 6) is 0.606. The van der Waals surface area contributed by atoms with Gasteiger partial charge in [-0.25, -0.2) is 0 Å². The number of nitrogens with zero attached hydrogens (tertiary/aromatic N) is 1. The summed E-state index contributed by atoms with van der Waals surface area (Å²) in [6, 6.07) is 11.9. The van der Waals surface area contributed by atoms with Crippen LogP contribution < -0.4 is 5.32 Å². The number of hydrogen-bond donors (Lipinski definition) is 1. The molecule has 2 atom stereocenters. The molecule has 108 valence electrons. The number of aromatic nitrogens is 1. The highest BCUT2D eigenvalue weighted by atomic mass is 14.9. The van der Waals surface area contributed by atoms with Crippen molar-refractivity contribution in [3.8, 4) is 0 Å². The zero-order chi connectivity index (χ0) is 14.2. The Morgan fingerprint density at radius 1 is 1.14 bits per heavy atom. The molecule has 0 bridgehead atoms. The average molecular weight is 278 g/mol. The smallest absolute Gasteiger partial charge is 0.0469 e. The molecule has 21 heavy (non-hydrogen) atoms. The van der Waals surface area contributed by atoms with Crippen molar-refractivity contribution in [3.05, 3.63) is 58.9 Å². The Bertz CT molecular complexity index is 662. The van der Waals surface area contributed by atoms with Crippen molar-refractivity contribution in [3.63, 3.8) is 0 Å². The molecule has 1 N–H and O–H groups in total. The van der Waals surface area contributed by atoms with Gasteiger partial charge in [-0.1, -0.05) is 18.2 Å². The molecular formula is C19H22N2. The summed E-state index contributed by atoms with van der Waals surface area (Å²) in [7, 11) is 0. The van der Waals surface area contributed by atoms with E-state index in [9.17, 15) is 0 Å². The van der Waals surface area contributed by atoms with Gasteiger partial charge >= 0.3 is 0 Å². The quantitative estimate of drug-likeness (QED) is 0.894. The Hall–Kier alpha value is -1.83. The van der Waals surface area contributed by atoms with Gasteiger partial charge in [0.2, 0.25) is 0 Å². The lowest BCUT2D eigenvalue weighted by molar-refractivity contribution is 0.655. The Balaban J connectivity index is 1.56. The molecule has 1 aliphatic heterocycles. The molecule has 0 amide bonds. The van der Waals surface area contributed by atoms with Crippen molar-refractivity contribution < 1.29 is 0 Å². The van der Waals surface area contributed by atoms with Crippen molar-refractivity contribution in [2.45, 2.75) is 51.0 Å². The van der Waals surface area contributed by atoms with E-state index in [2.05, 4.69) is 47.6 Å². The molecule has 2 unspecified atom stereocenters. The fraction of sp³-hybridized carbons (Fsp3) is 0.421. The third-order valence-corrected chi connectivity index (χ3v) is 4.98. The molecule has 0 saturated carbocycles. The molecule has 1 aromatic heterocycles. The lowest BCUT2D eigenvalue weighted by Gasteiger charge is -2.25. The highest BCUT2D eigenvalue weighted by Gasteiger charge is 2.24. The largest absolute Gasteiger partial charge is 0.382 e. The lowest BCUT2D eigenvalue weighted by Crippen LogP contribution is -2.22. The molecule has 1 aliphatic carbocycles. The van der Waals surface area contributed by atoms with Gasteiger partial charge in [-0.2, -0.15) is 0 Å².